The second kappa shape index (κ2) is 7.68. The Bertz CT molecular complexity index is 541. The third-order valence-corrected chi connectivity index (χ3v) is 4.21. The Morgan fingerprint density at radius 3 is 2.50 bits per heavy atom. The predicted octanol–water partition coefficient (Wildman–Crippen LogP) is 1.22. The van der Waals surface area contributed by atoms with Crippen molar-refractivity contribution in [2.45, 2.75) is 31.3 Å². The van der Waals surface area contributed by atoms with Crippen LogP contribution in [-0.4, -0.2) is 32.7 Å². The molecular formula is C13H20N2O3S2. The molecule has 0 spiro atoms. The van der Waals surface area contributed by atoms with Crippen LogP contribution in [0.5, 0.6) is 0 Å². The number of thiocarbonyl (C=S) groups is 1. The molecule has 0 saturated carbocycles. The van der Waals surface area contributed by atoms with Crippen LogP contribution in [0.2, 0.25) is 0 Å². The first-order valence-corrected chi connectivity index (χ1v) is 8.22. The average Bonchev–Trinajstić information content (AvgIpc) is 2.37. The van der Waals surface area contributed by atoms with E-state index in [9.17, 15) is 8.42 Å². The minimum atomic E-state index is -3.51. The summed E-state index contributed by atoms with van der Waals surface area (Å²) < 4.78 is 31.9. The average molecular weight is 316 g/mol. The van der Waals surface area contributed by atoms with E-state index in [0.717, 1.165) is 5.56 Å². The lowest BCUT2D eigenvalue weighted by molar-refractivity contribution is 0.0799. The van der Waals surface area contributed by atoms with Gasteiger partial charge in [0.2, 0.25) is 10.0 Å². The van der Waals surface area contributed by atoms with Crippen molar-refractivity contribution in [2.75, 3.05) is 13.2 Å². The molecule has 7 heteroatoms. The van der Waals surface area contributed by atoms with Gasteiger partial charge in [-0.1, -0.05) is 24.4 Å². The molecule has 5 nitrogen and oxygen atoms in total. The van der Waals surface area contributed by atoms with E-state index in [1.807, 2.05) is 13.8 Å². The molecule has 1 aromatic carbocycles. The highest BCUT2D eigenvalue weighted by Crippen LogP contribution is 2.11. The van der Waals surface area contributed by atoms with Gasteiger partial charge >= 0.3 is 0 Å². The van der Waals surface area contributed by atoms with Crippen molar-refractivity contribution in [1.82, 2.24) is 4.72 Å². The number of nitrogens with one attached hydrogen (secondary N) is 1. The zero-order chi connectivity index (χ0) is 15.2. The van der Waals surface area contributed by atoms with Gasteiger partial charge in [0.15, 0.2) is 0 Å². The maximum absolute atomic E-state index is 12.1. The quantitative estimate of drug-likeness (QED) is 0.705. The molecule has 3 N–H and O–H groups in total. The van der Waals surface area contributed by atoms with E-state index in [4.69, 9.17) is 22.7 Å². The van der Waals surface area contributed by atoms with Crippen LogP contribution in [0.15, 0.2) is 29.2 Å². The summed E-state index contributed by atoms with van der Waals surface area (Å²) in [7, 11) is -3.51. The Hall–Kier alpha value is -1.02. The fourth-order valence-corrected chi connectivity index (χ4v) is 2.92. The molecule has 0 aliphatic heterocycles. The van der Waals surface area contributed by atoms with Crippen molar-refractivity contribution in [3.8, 4) is 0 Å². The van der Waals surface area contributed by atoms with Crippen LogP contribution < -0.4 is 10.5 Å². The number of sulfonamides is 1. The Morgan fingerprint density at radius 2 is 2.00 bits per heavy atom. The van der Waals surface area contributed by atoms with Crippen LogP contribution in [0.25, 0.3) is 0 Å². The van der Waals surface area contributed by atoms with Gasteiger partial charge in [-0.2, -0.15) is 0 Å². The highest BCUT2D eigenvalue weighted by Gasteiger charge is 2.15. The van der Waals surface area contributed by atoms with E-state index in [-0.39, 0.29) is 17.5 Å². The molecule has 0 heterocycles. The number of hydrogen-bond donors (Lipinski definition) is 2. The summed E-state index contributed by atoms with van der Waals surface area (Å²) in [4.78, 5) is 0.595. The van der Waals surface area contributed by atoms with E-state index < -0.39 is 10.0 Å². The zero-order valence-electron chi connectivity index (χ0n) is 11.6. The highest BCUT2D eigenvalue weighted by molar-refractivity contribution is 7.89. The molecule has 20 heavy (non-hydrogen) atoms. The smallest absolute Gasteiger partial charge is 0.240 e. The second-order valence-corrected chi connectivity index (χ2v) is 6.70. The first kappa shape index (κ1) is 17.0. The van der Waals surface area contributed by atoms with Crippen molar-refractivity contribution in [3.05, 3.63) is 29.8 Å². The molecule has 0 saturated heterocycles. The lowest BCUT2D eigenvalue weighted by atomic mass is 10.1. The molecule has 1 rings (SSSR count). The van der Waals surface area contributed by atoms with Gasteiger partial charge in [0.25, 0.3) is 0 Å². The third kappa shape index (κ3) is 5.54. The van der Waals surface area contributed by atoms with Gasteiger partial charge in [-0.15, -0.1) is 0 Å². The molecule has 1 atom stereocenters. The maximum Gasteiger partial charge on any atom is 0.240 e. The van der Waals surface area contributed by atoms with E-state index >= 15 is 0 Å². The van der Waals surface area contributed by atoms with E-state index in [2.05, 4.69) is 4.72 Å². The van der Waals surface area contributed by atoms with Gasteiger partial charge in [0, 0.05) is 19.6 Å². The van der Waals surface area contributed by atoms with E-state index in [1.165, 1.54) is 0 Å². The summed E-state index contributed by atoms with van der Waals surface area (Å²) in [5, 5.41) is 0. The van der Waals surface area contributed by atoms with Crippen molar-refractivity contribution < 1.29 is 13.2 Å². The summed E-state index contributed by atoms with van der Waals surface area (Å²) in [6.07, 6.45) is 0.299. The standard InChI is InChI=1S/C13H20N2O3S2/c1-3-18-10(2)9-15-20(16,17)12-6-4-11(5-7-12)8-13(14)19/h4-7,10,15H,3,8-9H2,1-2H3,(H2,14,19). The van der Waals surface area contributed by atoms with E-state index in [1.54, 1.807) is 24.3 Å². The largest absolute Gasteiger partial charge is 0.393 e. The van der Waals surface area contributed by atoms with Gasteiger partial charge in [0.05, 0.1) is 16.0 Å². The molecule has 1 aromatic rings. The Balaban J connectivity index is 2.70. The predicted molar refractivity (Wildman–Crippen MR) is 83.2 cm³/mol. The van der Waals surface area contributed by atoms with Gasteiger partial charge in [0.1, 0.15) is 0 Å². The molecule has 0 aliphatic rings. The number of nitrogens with two attached hydrogens (primary N) is 1. The third-order valence-electron chi connectivity index (χ3n) is 2.62. The molecule has 0 aromatic heterocycles. The number of ether oxygens (including phenoxy) is 1. The normalized spacial score (nSPS) is 13.1. The van der Waals surface area contributed by atoms with Crippen molar-refractivity contribution in [1.29, 1.82) is 0 Å². The van der Waals surface area contributed by atoms with Gasteiger partial charge in [-0.3, -0.25) is 0 Å². The first-order valence-electron chi connectivity index (χ1n) is 6.33. The molecule has 0 amide bonds. The number of benzene rings is 1. The molecule has 112 valence electrons. The highest BCUT2D eigenvalue weighted by atomic mass is 32.2. The summed E-state index contributed by atoms with van der Waals surface area (Å²) >= 11 is 4.81. The minimum absolute atomic E-state index is 0.163. The minimum Gasteiger partial charge on any atom is -0.393 e. The lowest BCUT2D eigenvalue weighted by Gasteiger charge is -2.13. The Labute approximate surface area is 125 Å². The van der Waals surface area contributed by atoms with Crippen molar-refractivity contribution >= 4 is 27.2 Å². The van der Waals surface area contributed by atoms with Crippen molar-refractivity contribution in [2.24, 2.45) is 5.73 Å². The SMILES string of the molecule is CCOC(C)CNS(=O)(=O)c1ccc(CC(N)=S)cc1. The lowest BCUT2D eigenvalue weighted by Crippen LogP contribution is -2.32. The summed E-state index contributed by atoms with van der Waals surface area (Å²) in [5.74, 6) is 0. The van der Waals surface area contributed by atoms with Crippen LogP contribution in [0.4, 0.5) is 0 Å². The zero-order valence-corrected chi connectivity index (χ0v) is 13.3. The first-order chi connectivity index (χ1) is 9.35. The monoisotopic (exact) mass is 316 g/mol. The molecule has 0 radical (unpaired) electrons. The molecule has 1 unspecified atom stereocenters. The summed E-state index contributed by atoms with van der Waals surface area (Å²) in [6.45, 7) is 4.48. The topological polar surface area (TPSA) is 81.4 Å². The van der Waals surface area contributed by atoms with Crippen LogP contribution >= 0.6 is 12.2 Å². The van der Waals surface area contributed by atoms with Gasteiger partial charge in [-0.05, 0) is 31.5 Å². The molecule has 0 bridgehead atoms. The van der Waals surface area contributed by atoms with E-state index in [0.29, 0.717) is 18.0 Å². The van der Waals surface area contributed by atoms with Crippen LogP contribution in [0, 0.1) is 0 Å². The molecule has 0 fully saturated rings. The second-order valence-electron chi connectivity index (χ2n) is 4.40. The summed E-state index contributed by atoms with van der Waals surface area (Å²) in [6, 6.07) is 6.50. The van der Waals surface area contributed by atoms with Crippen LogP contribution in [-0.2, 0) is 21.2 Å². The number of rotatable bonds is 8. The van der Waals surface area contributed by atoms with Crippen LogP contribution in [0.3, 0.4) is 0 Å². The Kier molecular flexibility index (Phi) is 6.54. The maximum atomic E-state index is 12.1. The van der Waals surface area contributed by atoms with Crippen molar-refractivity contribution in [3.63, 3.8) is 0 Å². The number of hydrogen-bond acceptors (Lipinski definition) is 4. The fourth-order valence-electron chi connectivity index (χ4n) is 1.64. The van der Waals surface area contributed by atoms with Gasteiger partial charge in [-0.25, -0.2) is 13.1 Å². The Morgan fingerprint density at radius 1 is 1.40 bits per heavy atom. The summed E-state index contributed by atoms with van der Waals surface area (Å²) in [5.41, 5.74) is 6.33. The fraction of sp³-hybridized carbons (Fsp3) is 0.462. The molecular weight excluding hydrogens is 296 g/mol. The van der Waals surface area contributed by atoms with Crippen LogP contribution in [0.1, 0.15) is 19.4 Å². The van der Waals surface area contributed by atoms with Gasteiger partial charge < -0.3 is 10.5 Å². The molecule has 0 aliphatic carbocycles.